The Balaban J connectivity index is 1.96. The van der Waals surface area contributed by atoms with Crippen LogP contribution < -0.4 is 5.32 Å². The molecule has 2 heterocycles. The second-order valence-corrected chi connectivity index (χ2v) is 9.35. The van der Waals surface area contributed by atoms with Gasteiger partial charge in [-0.3, -0.25) is 0 Å². The number of fused-ring (bicyclic) bond motifs is 1. The first-order chi connectivity index (χ1) is 13.1. The number of nitrogens with one attached hydrogen (secondary N) is 1. The summed E-state index contributed by atoms with van der Waals surface area (Å²) < 4.78 is 20.5. The molecule has 0 unspecified atom stereocenters. The van der Waals surface area contributed by atoms with Crippen molar-refractivity contribution < 1.29 is 13.9 Å². The number of hydrogen-bond acceptors (Lipinski definition) is 4. The molecule has 2 aromatic heterocycles. The molecule has 3 aromatic rings. The third-order valence-corrected chi connectivity index (χ3v) is 5.41. The second-order valence-electron chi connectivity index (χ2n) is 8.44. The summed E-state index contributed by atoms with van der Waals surface area (Å²) in [7, 11) is 0. The maximum absolute atomic E-state index is 14.0. The van der Waals surface area contributed by atoms with Crippen molar-refractivity contribution in [1.29, 1.82) is 0 Å². The standard InChI is InChI=1S/C22H25FN2O2S/c1-21(2,3)27-20(26)25-13-22(4,5)17-12-24-18(23)11-16(17)15-8-6-7-14-9-10-28-19(14)15/h6-12H,13H2,1-5H3,(H,25,26). The molecule has 3 rings (SSSR count). The number of pyridine rings is 1. The van der Waals surface area contributed by atoms with E-state index in [4.69, 9.17) is 4.74 Å². The van der Waals surface area contributed by atoms with Crippen LogP contribution in [0.15, 0.2) is 41.9 Å². The van der Waals surface area contributed by atoms with Crippen LogP contribution in [0.2, 0.25) is 0 Å². The fourth-order valence-corrected chi connectivity index (χ4v) is 4.03. The van der Waals surface area contributed by atoms with Crippen molar-refractivity contribution in [3.05, 3.63) is 53.4 Å². The molecule has 28 heavy (non-hydrogen) atoms. The van der Waals surface area contributed by atoms with Gasteiger partial charge in [-0.2, -0.15) is 4.39 Å². The third kappa shape index (κ3) is 4.50. The second kappa shape index (κ2) is 7.51. The molecule has 0 radical (unpaired) electrons. The molecule has 0 fully saturated rings. The van der Waals surface area contributed by atoms with Crippen molar-refractivity contribution in [3.8, 4) is 11.1 Å². The summed E-state index contributed by atoms with van der Waals surface area (Å²) in [6, 6.07) is 9.53. The van der Waals surface area contributed by atoms with Gasteiger partial charge >= 0.3 is 6.09 Å². The number of halogens is 1. The van der Waals surface area contributed by atoms with Crippen LogP contribution in [0, 0.1) is 5.95 Å². The predicted octanol–water partition coefficient (Wildman–Crippen LogP) is 5.90. The van der Waals surface area contributed by atoms with E-state index in [2.05, 4.69) is 16.4 Å². The molecule has 0 aliphatic heterocycles. The van der Waals surface area contributed by atoms with Gasteiger partial charge in [-0.05, 0) is 54.3 Å². The number of amides is 1. The molecule has 1 N–H and O–H groups in total. The quantitative estimate of drug-likeness (QED) is 0.554. The zero-order valence-corrected chi connectivity index (χ0v) is 17.6. The molecule has 1 aromatic carbocycles. The maximum Gasteiger partial charge on any atom is 0.407 e. The van der Waals surface area contributed by atoms with Gasteiger partial charge in [0.15, 0.2) is 0 Å². The van der Waals surface area contributed by atoms with Gasteiger partial charge < -0.3 is 10.1 Å². The molecule has 0 bridgehead atoms. The fraction of sp³-hybridized carbons (Fsp3) is 0.364. The van der Waals surface area contributed by atoms with Gasteiger partial charge in [-0.15, -0.1) is 11.3 Å². The van der Waals surface area contributed by atoms with Crippen molar-refractivity contribution in [3.63, 3.8) is 0 Å². The molecule has 0 aliphatic rings. The van der Waals surface area contributed by atoms with E-state index in [0.29, 0.717) is 6.54 Å². The number of alkyl carbamates (subject to hydrolysis) is 1. The van der Waals surface area contributed by atoms with E-state index < -0.39 is 23.1 Å². The summed E-state index contributed by atoms with van der Waals surface area (Å²) in [5, 5.41) is 5.97. The van der Waals surface area contributed by atoms with E-state index >= 15 is 0 Å². The zero-order chi connectivity index (χ0) is 20.5. The van der Waals surface area contributed by atoms with Crippen LogP contribution in [0.25, 0.3) is 21.2 Å². The molecular formula is C22H25FN2O2S. The molecular weight excluding hydrogens is 375 g/mol. The van der Waals surface area contributed by atoms with Crippen LogP contribution in [0.5, 0.6) is 0 Å². The van der Waals surface area contributed by atoms with Crippen molar-refractivity contribution in [1.82, 2.24) is 10.3 Å². The molecule has 1 amide bonds. The van der Waals surface area contributed by atoms with Crippen LogP contribution in [0.3, 0.4) is 0 Å². The Kier molecular flexibility index (Phi) is 5.44. The summed E-state index contributed by atoms with van der Waals surface area (Å²) in [6.45, 7) is 9.79. The molecule has 0 aliphatic carbocycles. The molecule has 0 saturated carbocycles. The minimum atomic E-state index is -0.564. The van der Waals surface area contributed by atoms with E-state index in [9.17, 15) is 9.18 Å². The van der Waals surface area contributed by atoms with E-state index in [0.717, 1.165) is 26.8 Å². The number of ether oxygens (including phenoxy) is 1. The van der Waals surface area contributed by atoms with Crippen LogP contribution in [0.4, 0.5) is 9.18 Å². The molecule has 148 valence electrons. The number of hydrogen-bond donors (Lipinski definition) is 1. The molecule has 0 spiro atoms. The van der Waals surface area contributed by atoms with Gasteiger partial charge in [-0.25, -0.2) is 9.78 Å². The van der Waals surface area contributed by atoms with Crippen molar-refractivity contribution >= 4 is 27.5 Å². The average molecular weight is 401 g/mol. The number of rotatable bonds is 4. The minimum Gasteiger partial charge on any atom is -0.444 e. The van der Waals surface area contributed by atoms with Gasteiger partial charge in [-0.1, -0.05) is 32.0 Å². The highest BCUT2D eigenvalue weighted by Gasteiger charge is 2.27. The van der Waals surface area contributed by atoms with Crippen molar-refractivity contribution in [2.75, 3.05) is 6.54 Å². The van der Waals surface area contributed by atoms with Gasteiger partial charge in [0, 0.05) is 28.9 Å². The fourth-order valence-electron chi connectivity index (χ4n) is 3.10. The molecule has 6 heteroatoms. The van der Waals surface area contributed by atoms with Gasteiger partial charge in [0.25, 0.3) is 0 Å². The van der Waals surface area contributed by atoms with Crippen LogP contribution in [-0.2, 0) is 10.2 Å². The lowest BCUT2D eigenvalue weighted by molar-refractivity contribution is 0.0517. The Hall–Kier alpha value is -2.47. The monoisotopic (exact) mass is 400 g/mol. The smallest absolute Gasteiger partial charge is 0.407 e. The SMILES string of the molecule is CC(C)(C)OC(=O)NCC(C)(C)c1cnc(F)cc1-c1cccc2ccsc12. The number of benzene rings is 1. The lowest BCUT2D eigenvalue weighted by Crippen LogP contribution is -2.40. The van der Waals surface area contributed by atoms with E-state index in [1.165, 1.54) is 6.07 Å². The van der Waals surface area contributed by atoms with Gasteiger partial charge in [0.2, 0.25) is 5.95 Å². The van der Waals surface area contributed by atoms with Crippen LogP contribution >= 0.6 is 11.3 Å². The number of carbonyl (C=O) groups excluding carboxylic acids is 1. The molecule has 0 saturated heterocycles. The highest BCUT2D eigenvalue weighted by Crippen LogP contribution is 2.38. The average Bonchev–Trinajstić information content (AvgIpc) is 3.07. The van der Waals surface area contributed by atoms with E-state index in [1.807, 2.05) is 58.2 Å². The zero-order valence-electron chi connectivity index (χ0n) is 16.8. The Morgan fingerprint density at radius 3 is 2.64 bits per heavy atom. The Morgan fingerprint density at radius 2 is 1.93 bits per heavy atom. The maximum atomic E-state index is 14.0. The van der Waals surface area contributed by atoms with Crippen LogP contribution in [0.1, 0.15) is 40.2 Å². The van der Waals surface area contributed by atoms with Gasteiger partial charge in [0.1, 0.15) is 5.60 Å². The van der Waals surface area contributed by atoms with Crippen molar-refractivity contribution in [2.45, 2.75) is 45.6 Å². The number of nitrogens with zero attached hydrogens (tertiary/aromatic N) is 1. The number of carbonyl (C=O) groups is 1. The molecule has 4 nitrogen and oxygen atoms in total. The normalized spacial score (nSPS) is 12.2. The predicted molar refractivity (Wildman–Crippen MR) is 112 cm³/mol. The first-order valence-electron chi connectivity index (χ1n) is 9.16. The largest absolute Gasteiger partial charge is 0.444 e. The number of aromatic nitrogens is 1. The highest BCUT2D eigenvalue weighted by molar-refractivity contribution is 7.17. The van der Waals surface area contributed by atoms with Crippen LogP contribution in [-0.4, -0.2) is 23.2 Å². The Bertz CT molecular complexity index is 1010. The van der Waals surface area contributed by atoms with E-state index in [1.54, 1.807) is 17.5 Å². The summed E-state index contributed by atoms with van der Waals surface area (Å²) >= 11 is 1.63. The Morgan fingerprint density at radius 1 is 1.18 bits per heavy atom. The third-order valence-electron chi connectivity index (χ3n) is 4.44. The van der Waals surface area contributed by atoms with Gasteiger partial charge in [0.05, 0.1) is 0 Å². The molecule has 0 atom stereocenters. The summed E-state index contributed by atoms with van der Waals surface area (Å²) in [5.74, 6) is -0.525. The summed E-state index contributed by atoms with van der Waals surface area (Å²) in [5.41, 5.74) is 1.58. The first-order valence-corrected chi connectivity index (χ1v) is 10.0. The highest BCUT2D eigenvalue weighted by atomic mass is 32.1. The lowest BCUT2D eigenvalue weighted by atomic mass is 9.81. The summed E-state index contributed by atoms with van der Waals surface area (Å²) in [4.78, 5) is 16.0. The topological polar surface area (TPSA) is 51.2 Å². The Labute approximate surface area is 168 Å². The number of thiophene rings is 1. The minimum absolute atomic E-state index is 0.336. The first kappa shape index (κ1) is 20.3. The van der Waals surface area contributed by atoms with Crippen molar-refractivity contribution in [2.24, 2.45) is 0 Å². The lowest BCUT2D eigenvalue weighted by Gasteiger charge is -2.29. The summed E-state index contributed by atoms with van der Waals surface area (Å²) in [6.07, 6.45) is 1.09. The van der Waals surface area contributed by atoms with E-state index in [-0.39, 0.29) is 0 Å².